The lowest BCUT2D eigenvalue weighted by Gasteiger charge is -2.19. The molecule has 176 valence electrons. The number of carbonyl (C=O) groups is 2. The number of aryl methyl sites for hydroxylation is 1. The summed E-state index contributed by atoms with van der Waals surface area (Å²) >= 11 is 6.14. The lowest BCUT2D eigenvalue weighted by atomic mass is 10.1. The number of nitrogens with zero attached hydrogens (tertiary/aromatic N) is 1. The molecule has 0 aliphatic heterocycles. The minimum atomic E-state index is -3.82. The fourth-order valence-corrected chi connectivity index (χ4v) is 5.21. The van der Waals surface area contributed by atoms with Crippen molar-refractivity contribution < 1.29 is 27.5 Å². The van der Waals surface area contributed by atoms with E-state index in [1.165, 1.54) is 29.6 Å². The molecule has 1 heterocycles. The zero-order valence-electron chi connectivity index (χ0n) is 18.7. The number of halogens is 1. The summed E-state index contributed by atoms with van der Waals surface area (Å²) in [5.74, 6) is -1.10. The molecule has 0 radical (unpaired) electrons. The lowest BCUT2D eigenvalue weighted by molar-refractivity contribution is 0.0386. The summed E-state index contributed by atoms with van der Waals surface area (Å²) in [5, 5.41) is 2.72. The second-order valence-corrected chi connectivity index (χ2v) is 9.26. The van der Waals surface area contributed by atoms with Gasteiger partial charge in [0, 0.05) is 31.6 Å². The fourth-order valence-electron chi connectivity index (χ4n) is 3.25. The van der Waals surface area contributed by atoms with Crippen molar-refractivity contribution in [3.8, 4) is 0 Å². The largest absolute Gasteiger partial charge is 0.460 e. The van der Waals surface area contributed by atoms with Crippen LogP contribution in [0.2, 0.25) is 5.02 Å². The van der Waals surface area contributed by atoms with E-state index in [2.05, 4.69) is 10.3 Å². The molecule has 0 saturated heterocycles. The Kier molecular flexibility index (Phi) is 8.85. The second kappa shape index (κ2) is 11.0. The van der Waals surface area contributed by atoms with Crippen molar-refractivity contribution >= 4 is 39.2 Å². The Morgan fingerprint density at radius 1 is 1.16 bits per heavy atom. The third-order valence-corrected chi connectivity index (χ3v) is 7.43. The van der Waals surface area contributed by atoms with Crippen LogP contribution in [-0.2, 0) is 19.5 Å². The topological polar surface area (TPSA) is 118 Å². The number of H-pyrrole nitrogens is 1. The van der Waals surface area contributed by atoms with Crippen molar-refractivity contribution in [1.82, 2.24) is 9.29 Å². The van der Waals surface area contributed by atoms with Gasteiger partial charge >= 0.3 is 5.97 Å². The van der Waals surface area contributed by atoms with Gasteiger partial charge in [0.1, 0.15) is 17.2 Å². The van der Waals surface area contributed by atoms with Crippen molar-refractivity contribution in [1.29, 1.82) is 0 Å². The highest BCUT2D eigenvalue weighted by Gasteiger charge is 2.26. The molecule has 0 aliphatic carbocycles. The second-order valence-electron chi connectivity index (χ2n) is 6.94. The van der Waals surface area contributed by atoms with E-state index in [4.69, 9.17) is 21.1 Å². The number of aromatic amines is 1. The molecular weight excluding hydrogens is 458 g/mol. The molecule has 1 aromatic heterocycles. The van der Waals surface area contributed by atoms with Gasteiger partial charge < -0.3 is 19.8 Å². The monoisotopic (exact) mass is 485 g/mol. The number of methoxy groups -OCH3 is 1. The van der Waals surface area contributed by atoms with Crippen molar-refractivity contribution in [3.63, 3.8) is 0 Å². The van der Waals surface area contributed by atoms with Gasteiger partial charge in [0.25, 0.3) is 5.91 Å². The fraction of sp³-hybridized carbons (Fsp3) is 0.429. The molecule has 2 N–H and O–H groups in total. The first-order valence-electron chi connectivity index (χ1n) is 10.0. The number of anilines is 1. The third-order valence-electron chi connectivity index (χ3n) is 4.90. The van der Waals surface area contributed by atoms with Crippen molar-refractivity contribution in [2.75, 3.05) is 38.7 Å². The van der Waals surface area contributed by atoms with Crippen LogP contribution in [0.3, 0.4) is 0 Å². The SMILES string of the molecule is CCN(CC)S(=O)(=O)c1cc(NC(=O)c2[nH]c(C)c(C(=O)OCCOC)c2C)ccc1Cl. The van der Waals surface area contributed by atoms with E-state index in [0.717, 1.165) is 0 Å². The highest BCUT2D eigenvalue weighted by Crippen LogP contribution is 2.28. The molecule has 0 atom stereocenters. The predicted octanol–water partition coefficient (Wildman–Crippen LogP) is 3.37. The Morgan fingerprint density at radius 3 is 2.41 bits per heavy atom. The Balaban J connectivity index is 2.31. The van der Waals surface area contributed by atoms with Gasteiger partial charge in [-0.15, -0.1) is 0 Å². The molecule has 2 rings (SSSR count). The number of esters is 1. The summed E-state index contributed by atoms with van der Waals surface area (Å²) < 4.78 is 37.0. The number of amides is 1. The predicted molar refractivity (Wildman–Crippen MR) is 122 cm³/mol. The number of carbonyl (C=O) groups excluding carboxylic acids is 2. The number of rotatable bonds is 10. The summed E-state index contributed by atoms with van der Waals surface area (Å²) in [7, 11) is -2.32. The lowest BCUT2D eigenvalue weighted by Crippen LogP contribution is -2.30. The van der Waals surface area contributed by atoms with E-state index in [9.17, 15) is 18.0 Å². The van der Waals surface area contributed by atoms with Crippen molar-refractivity contribution in [2.45, 2.75) is 32.6 Å². The molecule has 9 nitrogen and oxygen atoms in total. The molecule has 1 aromatic carbocycles. The molecule has 0 aliphatic rings. The van der Waals surface area contributed by atoms with Gasteiger partial charge in [0.2, 0.25) is 10.0 Å². The van der Waals surface area contributed by atoms with Crippen LogP contribution in [0.15, 0.2) is 23.1 Å². The van der Waals surface area contributed by atoms with Crippen molar-refractivity contribution in [3.05, 3.63) is 45.7 Å². The van der Waals surface area contributed by atoms with E-state index in [1.54, 1.807) is 27.7 Å². The third kappa shape index (κ3) is 5.50. The minimum absolute atomic E-state index is 0.0582. The number of sulfonamides is 1. The van der Waals surface area contributed by atoms with Gasteiger partial charge in [0.05, 0.1) is 17.2 Å². The maximum absolute atomic E-state index is 12.9. The first-order chi connectivity index (χ1) is 15.1. The van der Waals surface area contributed by atoms with E-state index >= 15 is 0 Å². The normalized spacial score (nSPS) is 11.6. The first-order valence-corrected chi connectivity index (χ1v) is 11.9. The summed E-state index contributed by atoms with van der Waals surface area (Å²) in [4.78, 5) is 28.0. The molecule has 0 bridgehead atoms. The minimum Gasteiger partial charge on any atom is -0.460 e. The molecule has 0 unspecified atom stereocenters. The molecule has 11 heteroatoms. The maximum atomic E-state index is 12.9. The average molecular weight is 486 g/mol. The number of aromatic nitrogens is 1. The molecule has 0 spiro atoms. The van der Waals surface area contributed by atoms with Gasteiger partial charge in [-0.05, 0) is 37.6 Å². The summed E-state index contributed by atoms with van der Waals surface area (Å²) in [6.45, 7) is 7.68. The van der Waals surface area contributed by atoms with E-state index in [1.807, 2.05) is 0 Å². The number of benzene rings is 1. The van der Waals surface area contributed by atoms with E-state index in [-0.39, 0.29) is 53.2 Å². The zero-order valence-corrected chi connectivity index (χ0v) is 20.3. The van der Waals surface area contributed by atoms with Crippen LogP contribution in [0.4, 0.5) is 5.69 Å². The van der Waals surface area contributed by atoms with Crippen LogP contribution in [0.1, 0.15) is 46.0 Å². The van der Waals surface area contributed by atoms with E-state index in [0.29, 0.717) is 11.3 Å². The van der Waals surface area contributed by atoms with Crippen LogP contribution < -0.4 is 5.32 Å². The van der Waals surface area contributed by atoms with E-state index < -0.39 is 21.9 Å². The Bertz CT molecular complexity index is 1090. The molecule has 2 aromatic rings. The molecule has 32 heavy (non-hydrogen) atoms. The number of hydrogen-bond acceptors (Lipinski definition) is 6. The quantitative estimate of drug-likeness (QED) is 0.393. The molecule has 0 saturated carbocycles. The van der Waals surface area contributed by atoms with Gasteiger partial charge in [-0.1, -0.05) is 25.4 Å². The van der Waals surface area contributed by atoms with Crippen LogP contribution in [0.25, 0.3) is 0 Å². The summed E-state index contributed by atoms with van der Waals surface area (Å²) in [5.41, 5.74) is 1.60. The van der Waals surface area contributed by atoms with Crippen LogP contribution >= 0.6 is 11.6 Å². The van der Waals surface area contributed by atoms with Crippen LogP contribution in [0.5, 0.6) is 0 Å². The highest BCUT2D eigenvalue weighted by molar-refractivity contribution is 7.89. The Morgan fingerprint density at radius 2 is 1.81 bits per heavy atom. The van der Waals surface area contributed by atoms with Gasteiger partial charge in [-0.2, -0.15) is 4.31 Å². The van der Waals surface area contributed by atoms with Gasteiger partial charge in [0.15, 0.2) is 0 Å². The first kappa shape index (κ1) is 25.9. The standard InChI is InChI=1S/C21H28ClN3O6S/c1-6-25(7-2)32(28,29)17-12-15(8-9-16(17)22)24-20(26)19-13(3)18(14(4)23-19)21(27)31-11-10-30-5/h8-9,12,23H,6-7,10-11H2,1-5H3,(H,24,26). The van der Waals surface area contributed by atoms with Gasteiger partial charge in [-0.25, -0.2) is 13.2 Å². The number of hydrogen-bond donors (Lipinski definition) is 2. The van der Waals surface area contributed by atoms with Crippen LogP contribution in [-0.4, -0.2) is 63.0 Å². The van der Waals surface area contributed by atoms with Gasteiger partial charge in [-0.3, -0.25) is 4.79 Å². The molecule has 0 fully saturated rings. The number of nitrogens with one attached hydrogen (secondary N) is 2. The smallest absolute Gasteiger partial charge is 0.340 e. The summed E-state index contributed by atoms with van der Waals surface area (Å²) in [6, 6.07) is 4.24. The zero-order chi connectivity index (χ0) is 24.1. The molecular formula is C21H28ClN3O6S. The molecule has 1 amide bonds. The Labute approximate surface area is 193 Å². The Hall–Kier alpha value is -2.40. The average Bonchev–Trinajstić information content (AvgIpc) is 3.04. The number of ether oxygens (including phenoxy) is 2. The summed E-state index contributed by atoms with van der Waals surface area (Å²) in [6.07, 6.45) is 0. The highest BCUT2D eigenvalue weighted by atomic mass is 35.5. The van der Waals surface area contributed by atoms with Crippen molar-refractivity contribution in [2.24, 2.45) is 0 Å². The maximum Gasteiger partial charge on any atom is 0.340 e. The van der Waals surface area contributed by atoms with Crippen LogP contribution in [0, 0.1) is 13.8 Å².